The lowest BCUT2D eigenvalue weighted by Crippen LogP contribution is -2.21. The highest BCUT2D eigenvalue weighted by atomic mass is 16.3. The molecule has 5 nitrogen and oxygen atoms in total. The number of hydrogen-bond donors (Lipinski definition) is 1. The van der Waals surface area contributed by atoms with Gasteiger partial charge in [-0.25, -0.2) is 4.98 Å². The minimum atomic E-state index is -0.0958. The Morgan fingerprint density at radius 1 is 1.19 bits per heavy atom. The maximum atomic E-state index is 12.4. The van der Waals surface area contributed by atoms with E-state index in [9.17, 15) is 4.79 Å². The molecular formula is C22H19N3O2. The van der Waals surface area contributed by atoms with E-state index in [1.165, 1.54) is 5.56 Å². The van der Waals surface area contributed by atoms with Crippen LogP contribution in [0.3, 0.4) is 0 Å². The first-order chi connectivity index (χ1) is 13.2. The number of rotatable bonds is 2. The maximum Gasteiger partial charge on any atom is 0.221 e. The summed E-state index contributed by atoms with van der Waals surface area (Å²) in [5, 5.41) is 2.99. The highest BCUT2D eigenvalue weighted by Gasteiger charge is 2.30. The van der Waals surface area contributed by atoms with Gasteiger partial charge in [-0.2, -0.15) is 0 Å². The van der Waals surface area contributed by atoms with E-state index in [-0.39, 0.29) is 11.8 Å². The first kappa shape index (κ1) is 15.9. The molecule has 5 heteroatoms. The summed E-state index contributed by atoms with van der Waals surface area (Å²) in [5.41, 5.74) is 6.16. The van der Waals surface area contributed by atoms with E-state index in [1.54, 1.807) is 6.26 Å². The fourth-order valence-corrected chi connectivity index (χ4v) is 3.96. The molecule has 0 bridgehead atoms. The quantitative estimate of drug-likeness (QED) is 0.589. The second-order valence-electron chi connectivity index (χ2n) is 6.97. The second-order valence-corrected chi connectivity index (χ2v) is 6.97. The summed E-state index contributed by atoms with van der Waals surface area (Å²) >= 11 is 0. The SMILES string of the molecule is Cc1ccn2c3c(nc2c1)CNC(=O)CC3c1ccccc1-c1ccco1. The normalized spacial score (nSPS) is 16.8. The first-order valence-corrected chi connectivity index (χ1v) is 9.07. The number of furan rings is 1. The van der Waals surface area contributed by atoms with Crippen molar-refractivity contribution in [3.05, 3.63) is 83.5 Å². The first-order valence-electron chi connectivity index (χ1n) is 9.07. The topological polar surface area (TPSA) is 59.5 Å². The van der Waals surface area contributed by atoms with Crippen LogP contribution in [0.1, 0.15) is 34.9 Å². The number of aryl methyl sites for hydroxylation is 1. The summed E-state index contributed by atoms with van der Waals surface area (Å²) in [5.74, 6) is 0.746. The summed E-state index contributed by atoms with van der Waals surface area (Å²) in [6.07, 6.45) is 4.11. The molecule has 1 aliphatic rings. The summed E-state index contributed by atoms with van der Waals surface area (Å²) in [6.45, 7) is 2.51. The van der Waals surface area contributed by atoms with Crippen molar-refractivity contribution >= 4 is 11.6 Å². The number of aromatic nitrogens is 2. The van der Waals surface area contributed by atoms with Crippen molar-refractivity contribution in [1.29, 1.82) is 0 Å². The Morgan fingerprint density at radius 2 is 2.07 bits per heavy atom. The summed E-state index contributed by atoms with van der Waals surface area (Å²) < 4.78 is 7.78. The zero-order valence-corrected chi connectivity index (χ0v) is 15.0. The van der Waals surface area contributed by atoms with Gasteiger partial charge in [0.1, 0.15) is 11.4 Å². The molecule has 4 heterocycles. The molecule has 1 N–H and O–H groups in total. The summed E-state index contributed by atoms with van der Waals surface area (Å²) in [7, 11) is 0. The number of nitrogens with one attached hydrogen (secondary N) is 1. The third kappa shape index (κ3) is 2.63. The van der Waals surface area contributed by atoms with Gasteiger partial charge in [-0.3, -0.25) is 4.79 Å². The number of carbonyl (C=O) groups excluding carboxylic acids is 1. The van der Waals surface area contributed by atoms with Gasteiger partial charge in [-0.1, -0.05) is 24.3 Å². The number of benzene rings is 1. The number of carbonyl (C=O) groups is 1. The van der Waals surface area contributed by atoms with E-state index < -0.39 is 0 Å². The molecule has 3 aromatic heterocycles. The van der Waals surface area contributed by atoms with Crippen LogP contribution in [0, 0.1) is 6.92 Å². The largest absolute Gasteiger partial charge is 0.464 e. The predicted octanol–water partition coefficient (Wildman–Crippen LogP) is 4.05. The van der Waals surface area contributed by atoms with Crippen molar-refractivity contribution in [2.24, 2.45) is 0 Å². The molecule has 0 aliphatic carbocycles. The van der Waals surface area contributed by atoms with E-state index in [0.717, 1.165) is 33.9 Å². The summed E-state index contributed by atoms with van der Waals surface area (Å²) in [4.78, 5) is 17.3. The van der Waals surface area contributed by atoms with Gasteiger partial charge in [-0.15, -0.1) is 0 Å². The molecule has 1 aromatic carbocycles. The van der Waals surface area contributed by atoms with Crippen molar-refractivity contribution in [2.45, 2.75) is 25.8 Å². The van der Waals surface area contributed by atoms with Gasteiger partial charge in [0.25, 0.3) is 0 Å². The van der Waals surface area contributed by atoms with Gasteiger partial charge in [0.15, 0.2) is 0 Å². The molecule has 134 valence electrons. The molecule has 27 heavy (non-hydrogen) atoms. The van der Waals surface area contributed by atoms with Gasteiger partial charge >= 0.3 is 0 Å². The summed E-state index contributed by atoms with van der Waals surface area (Å²) in [6, 6.07) is 16.1. The molecule has 1 atom stereocenters. The van der Waals surface area contributed by atoms with Crippen LogP contribution in [0.15, 0.2) is 65.4 Å². The lowest BCUT2D eigenvalue weighted by Gasteiger charge is -2.18. The monoisotopic (exact) mass is 357 g/mol. The van der Waals surface area contributed by atoms with Crippen molar-refractivity contribution in [1.82, 2.24) is 14.7 Å². The van der Waals surface area contributed by atoms with Crippen molar-refractivity contribution in [2.75, 3.05) is 0 Å². The van der Waals surface area contributed by atoms with Gasteiger partial charge < -0.3 is 14.1 Å². The van der Waals surface area contributed by atoms with Crippen molar-refractivity contribution in [3.63, 3.8) is 0 Å². The fraction of sp³-hybridized carbons (Fsp3) is 0.182. The molecule has 1 amide bonds. The van der Waals surface area contributed by atoms with Crippen LogP contribution < -0.4 is 5.32 Å². The van der Waals surface area contributed by atoms with Crippen LogP contribution in [0.5, 0.6) is 0 Å². The molecule has 0 fully saturated rings. The van der Waals surface area contributed by atoms with Crippen LogP contribution in [0.2, 0.25) is 0 Å². The minimum Gasteiger partial charge on any atom is -0.464 e. The highest BCUT2D eigenvalue weighted by molar-refractivity contribution is 5.79. The van der Waals surface area contributed by atoms with Crippen LogP contribution in [-0.2, 0) is 11.3 Å². The van der Waals surface area contributed by atoms with Crippen LogP contribution in [0.4, 0.5) is 0 Å². The molecule has 1 aliphatic heterocycles. The van der Waals surface area contributed by atoms with Gasteiger partial charge in [-0.05, 0) is 42.3 Å². The Bertz CT molecular complexity index is 1140. The molecule has 0 radical (unpaired) electrons. The van der Waals surface area contributed by atoms with Gasteiger partial charge in [0, 0.05) is 24.1 Å². The molecule has 5 rings (SSSR count). The molecule has 1 unspecified atom stereocenters. The number of pyridine rings is 1. The van der Waals surface area contributed by atoms with Gasteiger partial charge in [0.05, 0.1) is 24.2 Å². The maximum absolute atomic E-state index is 12.4. The highest BCUT2D eigenvalue weighted by Crippen LogP contribution is 2.38. The Balaban J connectivity index is 1.76. The third-order valence-corrected chi connectivity index (χ3v) is 5.19. The Hall–Kier alpha value is -3.34. The van der Waals surface area contributed by atoms with E-state index in [2.05, 4.69) is 41.0 Å². The van der Waals surface area contributed by atoms with E-state index in [0.29, 0.717) is 13.0 Å². The van der Waals surface area contributed by atoms with E-state index in [1.807, 2.05) is 30.3 Å². The number of nitrogens with zero attached hydrogens (tertiary/aromatic N) is 2. The zero-order chi connectivity index (χ0) is 18.4. The average molecular weight is 357 g/mol. The molecule has 0 saturated carbocycles. The molecular weight excluding hydrogens is 338 g/mol. The predicted molar refractivity (Wildman–Crippen MR) is 102 cm³/mol. The number of imidazole rings is 1. The van der Waals surface area contributed by atoms with Crippen molar-refractivity contribution in [3.8, 4) is 11.3 Å². The Morgan fingerprint density at radius 3 is 2.93 bits per heavy atom. The number of fused-ring (bicyclic) bond motifs is 3. The minimum absolute atomic E-state index is 0.0353. The number of amides is 1. The smallest absolute Gasteiger partial charge is 0.221 e. The van der Waals surface area contributed by atoms with Crippen molar-refractivity contribution < 1.29 is 9.21 Å². The zero-order valence-electron chi connectivity index (χ0n) is 15.0. The lowest BCUT2D eigenvalue weighted by atomic mass is 9.87. The number of hydrogen-bond acceptors (Lipinski definition) is 3. The lowest BCUT2D eigenvalue weighted by molar-refractivity contribution is -0.121. The van der Waals surface area contributed by atoms with Gasteiger partial charge in [0.2, 0.25) is 5.91 Å². The van der Waals surface area contributed by atoms with Crippen LogP contribution in [-0.4, -0.2) is 15.3 Å². The molecule has 0 saturated heterocycles. The third-order valence-electron chi connectivity index (χ3n) is 5.19. The Labute approximate surface area is 156 Å². The molecule has 4 aromatic rings. The van der Waals surface area contributed by atoms with E-state index >= 15 is 0 Å². The second kappa shape index (κ2) is 6.13. The fourth-order valence-electron chi connectivity index (χ4n) is 3.96. The van der Waals surface area contributed by atoms with Crippen LogP contribution in [0.25, 0.3) is 17.0 Å². The Kier molecular flexibility index (Phi) is 3.60. The molecule has 0 spiro atoms. The van der Waals surface area contributed by atoms with Crippen LogP contribution >= 0.6 is 0 Å². The average Bonchev–Trinajstić information content (AvgIpc) is 3.29. The standard InChI is InChI=1S/C22H19N3O2/c1-14-8-9-25-20(11-14)24-18-13-23-21(26)12-17(22(18)25)15-5-2-3-6-16(15)19-7-4-10-27-19/h2-11,17H,12-13H2,1H3,(H,23,26). The van der Waals surface area contributed by atoms with E-state index in [4.69, 9.17) is 9.40 Å².